The Labute approximate surface area is 136 Å². The average Bonchev–Trinajstić information content (AvgIpc) is 2.88. The minimum absolute atomic E-state index is 0.189. The van der Waals surface area contributed by atoms with Crippen LogP contribution in [0.1, 0.15) is 18.1 Å². The van der Waals surface area contributed by atoms with Gasteiger partial charge in [-0.05, 0) is 39.1 Å². The molecule has 0 unspecified atom stereocenters. The highest BCUT2D eigenvalue weighted by molar-refractivity contribution is 6.82. The van der Waals surface area contributed by atoms with E-state index in [0.29, 0.717) is 0 Å². The fourth-order valence-electron chi connectivity index (χ4n) is 3.66. The van der Waals surface area contributed by atoms with Crippen molar-refractivity contribution in [1.29, 1.82) is 0 Å². The smallest absolute Gasteiger partial charge is 0.401 e. The highest BCUT2D eigenvalue weighted by atomic mass is 16.4. The molecule has 3 aromatic rings. The van der Waals surface area contributed by atoms with Crippen LogP contribution in [-0.2, 0) is 7.05 Å². The predicted octanol–water partition coefficient (Wildman–Crippen LogP) is 2.86. The summed E-state index contributed by atoms with van der Waals surface area (Å²) in [5, 5.41) is 1.18. The molecule has 0 bridgehead atoms. The second kappa shape index (κ2) is 5.02. The van der Waals surface area contributed by atoms with E-state index < -0.39 is 0 Å². The molecule has 1 aliphatic rings. The zero-order valence-electron chi connectivity index (χ0n) is 14.0. The van der Waals surface area contributed by atoms with Crippen molar-refractivity contribution in [2.75, 3.05) is 11.9 Å². The molecule has 0 radical (unpaired) electrons. The van der Waals surface area contributed by atoms with Crippen LogP contribution in [0, 0.1) is 6.92 Å². The van der Waals surface area contributed by atoms with Crippen LogP contribution >= 0.6 is 0 Å². The van der Waals surface area contributed by atoms with Crippen molar-refractivity contribution < 1.29 is 8.98 Å². The molecule has 0 saturated heterocycles. The topological polar surface area (TPSA) is 20.3 Å². The number of anilines is 1. The van der Waals surface area contributed by atoms with Crippen LogP contribution in [0.3, 0.4) is 0 Å². The molecule has 1 aromatic carbocycles. The van der Waals surface area contributed by atoms with Crippen LogP contribution in [0.15, 0.2) is 52.5 Å². The van der Waals surface area contributed by atoms with Crippen molar-refractivity contribution in [2.24, 2.45) is 7.05 Å². The van der Waals surface area contributed by atoms with Crippen LogP contribution in [0.5, 0.6) is 0 Å². The Kier molecular flexibility index (Phi) is 3.08. The maximum atomic E-state index is 6.14. The molecule has 3 heterocycles. The molecule has 2 aromatic heterocycles. The second-order valence-corrected chi connectivity index (χ2v) is 6.46. The molecule has 114 valence electrons. The summed E-state index contributed by atoms with van der Waals surface area (Å²) in [6, 6.07) is 12.6. The number of aryl methyl sites for hydroxylation is 2. The number of rotatable bonds is 1. The van der Waals surface area contributed by atoms with E-state index in [0.717, 1.165) is 11.5 Å². The van der Waals surface area contributed by atoms with Gasteiger partial charge in [0.15, 0.2) is 17.7 Å². The van der Waals surface area contributed by atoms with Crippen LogP contribution in [0.4, 0.5) is 5.88 Å². The van der Waals surface area contributed by atoms with E-state index in [-0.39, 0.29) is 6.85 Å². The molecular weight excluding hydrogens is 283 g/mol. The molecule has 0 N–H and O–H groups in total. The summed E-state index contributed by atoms with van der Waals surface area (Å²) in [4.78, 5) is 2.25. The van der Waals surface area contributed by atoms with E-state index in [1.165, 1.54) is 27.6 Å². The molecule has 0 aliphatic carbocycles. The summed E-state index contributed by atoms with van der Waals surface area (Å²) in [7, 11) is 4.22. The van der Waals surface area contributed by atoms with Crippen molar-refractivity contribution in [2.45, 2.75) is 13.8 Å². The van der Waals surface area contributed by atoms with Gasteiger partial charge in [-0.3, -0.25) is 0 Å². The molecule has 1 aliphatic heterocycles. The number of hydrogen-bond acceptors (Lipinski definition) is 2. The molecule has 0 spiro atoms. The van der Waals surface area contributed by atoms with Gasteiger partial charge in [0.25, 0.3) is 0 Å². The first kappa shape index (κ1) is 14.1. The monoisotopic (exact) mass is 303 g/mol. The first-order valence-corrected chi connectivity index (χ1v) is 7.95. The number of pyridine rings is 1. The van der Waals surface area contributed by atoms with Gasteiger partial charge in [-0.2, -0.15) is 0 Å². The van der Waals surface area contributed by atoms with Gasteiger partial charge in [-0.25, -0.2) is 4.57 Å². The number of furan rings is 1. The van der Waals surface area contributed by atoms with Gasteiger partial charge in [0, 0.05) is 16.5 Å². The number of fused-ring (bicyclic) bond motifs is 3. The number of benzene rings is 1. The van der Waals surface area contributed by atoms with E-state index in [1.807, 2.05) is 12.1 Å². The average molecular weight is 303 g/mol. The van der Waals surface area contributed by atoms with Crippen LogP contribution < -0.4 is 15.0 Å². The van der Waals surface area contributed by atoms with E-state index in [4.69, 9.17) is 4.42 Å². The van der Waals surface area contributed by atoms with E-state index >= 15 is 0 Å². The summed E-state index contributed by atoms with van der Waals surface area (Å²) >= 11 is 0. The van der Waals surface area contributed by atoms with Gasteiger partial charge in [-0.15, -0.1) is 0 Å². The highest BCUT2D eigenvalue weighted by Gasteiger charge is 2.38. The molecule has 0 atom stereocenters. The Hall–Kier alpha value is -2.49. The third-order valence-corrected chi connectivity index (χ3v) is 4.73. The van der Waals surface area contributed by atoms with Gasteiger partial charge in [0.05, 0.1) is 0 Å². The Balaban J connectivity index is 1.90. The van der Waals surface area contributed by atoms with E-state index in [9.17, 15) is 0 Å². The third-order valence-electron chi connectivity index (χ3n) is 4.73. The minimum Gasteiger partial charge on any atom is -0.441 e. The van der Waals surface area contributed by atoms with E-state index in [2.05, 4.69) is 73.9 Å². The zero-order valence-corrected chi connectivity index (χ0v) is 14.0. The fraction of sp³-hybridized carbons (Fsp3) is 0.211. The number of hydrogen-bond donors (Lipinski definition) is 0. The first-order valence-electron chi connectivity index (χ1n) is 7.95. The van der Waals surface area contributed by atoms with Crippen molar-refractivity contribution in [3.8, 4) is 0 Å². The Morgan fingerprint density at radius 2 is 1.87 bits per heavy atom. The van der Waals surface area contributed by atoms with Crippen LogP contribution in [0.2, 0.25) is 0 Å². The van der Waals surface area contributed by atoms with Crippen molar-refractivity contribution in [3.63, 3.8) is 0 Å². The Morgan fingerprint density at radius 3 is 2.65 bits per heavy atom. The number of para-hydroxylation sites is 1. The van der Waals surface area contributed by atoms with Crippen LogP contribution in [-0.4, -0.2) is 13.9 Å². The summed E-state index contributed by atoms with van der Waals surface area (Å²) < 4.78 is 8.35. The first-order chi connectivity index (χ1) is 11.1. The Morgan fingerprint density at radius 1 is 1.09 bits per heavy atom. The zero-order chi connectivity index (χ0) is 16.1. The maximum Gasteiger partial charge on any atom is 0.401 e. The summed E-state index contributed by atoms with van der Waals surface area (Å²) in [5.74, 6) is 0.947. The second-order valence-electron chi connectivity index (χ2n) is 6.46. The normalized spacial score (nSPS) is 14.2. The van der Waals surface area contributed by atoms with E-state index in [1.54, 1.807) is 0 Å². The lowest BCUT2D eigenvalue weighted by atomic mass is 9.49. The lowest BCUT2D eigenvalue weighted by Crippen LogP contribution is -2.62. The molecule has 0 amide bonds. The lowest BCUT2D eigenvalue weighted by molar-refractivity contribution is -0.654. The SMILES string of the molecule is CC1=Cc2c(oc3ccccc23)N(C)B1c1ccc(C)c[n+]1C. The minimum atomic E-state index is 0.189. The van der Waals surface area contributed by atoms with Crippen molar-refractivity contribution in [3.05, 3.63) is 59.2 Å². The standard InChI is InChI=1S/C19H20BN2O/c1-13-9-10-18(21(3)12-13)20-14(2)11-16-15-7-5-6-8-17(15)23-19(16)22(20)4/h5-12H,1-4H3/q+1. The molecule has 23 heavy (non-hydrogen) atoms. The summed E-state index contributed by atoms with van der Waals surface area (Å²) in [6.45, 7) is 4.51. The fourth-order valence-corrected chi connectivity index (χ4v) is 3.66. The number of aromatic nitrogens is 1. The molecule has 4 rings (SSSR count). The quantitative estimate of drug-likeness (QED) is 0.509. The lowest BCUT2D eigenvalue weighted by Gasteiger charge is -2.28. The summed E-state index contributed by atoms with van der Waals surface area (Å²) in [6.07, 6.45) is 4.44. The largest absolute Gasteiger partial charge is 0.441 e. The Bertz CT molecular complexity index is 942. The third kappa shape index (κ3) is 2.09. The van der Waals surface area contributed by atoms with Gasteiger partial charge in [0.1, 0.15) is 12.6 Å². The molecular formula is C19H20BN2O+. The number of allylic oxidation sites excluding steroid dienone is 1. The number of nitrogens with zero attached hydrogens (tertiary/aromatic N) is 2. The van der Waals surface area contributed by atoms with Gasteiger partial charge in [0.2, 0.25) is 0 Å². The molecule has 0 fully saturated rings. The highest BCUT2D eigenvalue weighted by Crippen LogP contribution is 2.37. The maximum absolute atomic E-state index is 6.14. The van der Waals surface area contributed by atoms with Crippen molar-refractivity contribution >= 4 is 35.4 Å². The predicted molar refractivity (Wildman–Crippen MR) is 96.0 cm³/mol. The molecule has 3 nitrogen and oxygen atoms in total. The van der Waals surface area contributed by atoms with Gasteiger partial charge in [-0.1, -0.05) is 29.7 Å². The van der Waals surface area contributed by atoms with Crippen molar-refractivity contribution in [1.82, 2.24) is 0 Å². The van der Waals surface area contributed by atoms with Gasteiger partial charge >= 0.3 is 6.85 Å². The summed E-state index contributed by atoms with van der Waals surface area (Å²) in [5.41, 5.74) is 5.98. The molecule has 4 heteroatoms. The van der Waals surface area contributed by atoms with Gasteiger partial charge < -0.3 is 9.23 Å². The molecule has 0 saturated carbocycles. The van der Waals surface area contributed by atoms with Crippen LogP contribution in [0.25, 0.3) is 17.0 Å².